The fourth-order valence-corrected chi connectivity index (χ4v) is 14.2. The molecule has 113 heavy (non-hydrogen) atoms. The molecule has 0 aromatic rings. The number of hydrogen-bond donors (Lipinski definition) is 8. The number of ether oxygens (including phenoxy) is 4. The number of carbonyl (C=O) groups excluding carboxylic acids is 6. The Labute approximate surface area is 732 Å². The van der Waals surface area contributed by atoms with Gasteiger partial charge in [0.25, 0.3) is 0 Å². The van der Waals surface area contributed by atoms with Crippen molar-refractivity contribution in [2.45, 2.75) is 418 Å². The monoisotopic (exact) mass is 1670 g/mol. The van der Waals surface area contributed by atoms with Gasteiger partial charge in [0.1, 0.15) is 18.6 Å². The predicted molar refractivity (Wildman–Crippen MR) is 446 cm³/mol. The van der Waals surface area contributed by atoms with E-state index in [9.17, 15) is 57.9 Å². The van der Waals surface area contributed by atoms with Gasteiger partial charge in [-0.1, -0.05) is 271 Å². The third-order valence-electron chi connectivity index (χ3n) is 19.4. The van der Waals surface area contributed by atoms with Crippen LogP contribution in [0.4, 0.5) is 0 Å². The first-order chi connectivity index (χ1) is 53.7. The minimum absolute atomic E-state index is 0. The van der Waals surface area contributed by atoms with E-state index >= 15 is 0 Å². The second kappa shape index (κ2) is 84.0. The Hall–Kier alpha value is -1.64. The van der Waals surface area contributed by atoms with Gasteiger partial charge in [-0.15, -0.1) is 0 Å². The minimum atomic E-state index is -4.81. The molecule has 0 fully saturated rings. The van der Waals surface area contributed by atoms with Gasteiger partial charge in [0.15, 0.2) is 0 Å². The van der Waals surface area contributed by atoms with E-state index in [1.165, 1.54) is 103 Å². The van der Waals surface area contributed by atoms with Gasteiger partial charge < -0.3 is 63.1 Å². The molecule has 0 aliphatic carbocycles. The number of unbranched alkanes of at least 4 members (excludes halogenated alkanes) is 34. The molecule has 0 spiro atoms. The zero-order valence-corrected chi connectivity index (χ0v) is 78.3. The Kier molecular flexibility index (Phi) is 85.9. The van der Waals surface area contributed by atoms with E-state index in [0.29, 0.717) is 64.2 Å². The molecule has 4 unspecified atom stereocenters. The summed E-state index contributed by atoms with van der Waals surface area (Å²) in [6, 6.07) is -1.91. The predicted octanol–water partition coefficient (Wildman–Crippen LogP) is 13.2. The molecule has 8 N–H and O–H groups in total. The van der Waals surface area contributed by atoms with Gasteiger partial charge in [-0.2, -0.15) is 0 Å². The van der Waals surface area contributed by atoms with E-state index < -0.39 is 96.4 Å². The van der Waals surface area contributed by atoms with Gasteiger partial charge in [-0.3, -0.25) is 46.9 Å². The number of allylic oxidation sites excluding steroid dienone is 4. The fraction of sp³-hybridized carbons (Fsp3) is 0.882. The van der Waals surface area contributed by atoms with Crippen LogP contribution in [-0.2, 0) is 74.9 Å². The van der Waals surface area contributed by atoms with E-state index in [-0.39, 0.29) is 138 Å². The van der Waals surface area contributed by atoms with Gasteiger partial charge in [-0.25, -0.2) is 9.13 Å². The van der Waals surface area contributed by atoms with Crippen LogP contribution in [0, 0.1) is 0 Å². The van der Waals surface area contributed by atoms with Crippen LogP contribution in [0.25, 0.3) is 0 Å². The summed E-state index contributed by atoms with van der Waals surface area (Å²) >= 11 is 0. The Balaban J connectivity index is -0.0000101. The number of amides is 4. The van der Waals surface area contributed by atoms with Crippen molar-refractivity contribution in [3.63, 3.8) is 0 Å². The van der Waals surface area contributed by atoms with Crippen LogP contribution >= 0.6 is 15.6 Å². The third-order valence-corrected chi connectivity index (χ3v) is 21.3. The molecule has 0 aromatic carbocycles. The molecule has 0 bridgehead atoms. The van der Waals surface area contributed by atoms with Crippen molar-refractivity contribution in [1.82, 2.24) is 21.3 Å². The molecule has 656 valence electrons. The summed E-state index contributed by atoms with van der Waals surface area (Å²) in [6.45, 7) is 10.4. The topological polar surface area (TPSA) is 339 Å². The van der Waals surface area contributed by atoms with Crippen molar-refractivity contribution in [2.24, 2.45) is 0 Å². The van der Waals surface area contributed by atoms with E-state index in [0.717, 1.165) is 154 Å². The second-order valence-corrected chi connectivity index (χ2v) is 33.2. The number of rotatable bonds is 84. The van der Waals surface area contributed by atoms with Crippen LogP contribution in [0.1, 0.15) is 385 Å². The molecule has 0 saturated carbocycles. The largest absolute Gasteiger partial charge is 1.00 e. The average molecular weight is 1670 g/mol. The number of phosphoric ester groups is 2. The first-order valence-corrected chi connectivity index (χ1v) is 47.3. The third kappa shape index (κ3) is 81.2. The maximum Gasteiger partial charge on any atom is 1.00 e. The molecule has 0 saturated heterocycles. The van der Waals surface area contributed by atoms with E-state index in [1.807, 2.05) is 0 Å². The van der Waals surface area contributed by atoms with Crippen molar-refractivity contribution >= 4 is 51.2 Å². The number of phosphoric acid groups is 2. The summed E-state index contributed by atoms with van der Waals surface area (Å²) in [5, 5.41) is 32.0. The van der Waals surface area contributed by atoms with Gasteiger partial charge in [0.2, 0.25) is 23.6 Å². The normalized spacial score (nSPS) is 14.2. The van der Waals surface area contributed by atoms with Crippen molar-refractivity contribution < 1.29 is 157 Å². The summed E-state index contributed by atoms with van der Waals surface area (Å²) in [7, 11) is -9.62. The van der Waals surface area contributed by atoms with Crippen LogP contribution in [0.5, 0.6) is 0 Å². The molecule has 28 heteroatoms. The standard InChI is InChI=1S/C85H162N4O20P2.2Na.2H/c1-7-13-19-25-29-33-37-43-47-53-76(90)67-82(94)88-74(70-102-63-59-78(55-49-41-23-17-11-5)108-84(96)57-51-45-39-35-31-27-21-15-9-3)72-106-110(98,99)104-65-61-86-80(92)69-81(93)87-62-66-105-111(100,101)107-73-75(89-83(95)68-77(91)54-48-44-38-34-30-26-20-14-8-2)71-103-64-60-79(56-50-42-24-18-12-6)109-85(97)58-52-46-40-36-32-28-22-16-10-4;;;;/h35-36,39-40,74-79,90-91H,7-34,37-38,41-73H2,1-6H3,(H,86,92)(H,87,93)(H,88,94)(H,89,95)(H,98,99)(H,100,101);;;;/q;2*+1;2*-1/b39-35-,40-36-;;;;/t74?,75?,76-,77-,78-,79-;;;;/m1..../s1. The Morgan fingerprint density at radius 2 is 0.628 bits per heavy atom. The maximum absolute atomic E-state index is 13.3. The van der Waals surface area contributed by atoms with Crippen LogP contribution in [0.2, 0.25) is 0 Å². The number of aliphatic hydroxyl groups excluding tert-OH is 2. The van der Waals surface area contributed by atoms with Crippen LogP contribution < -0.4 is 80.4 Å². The van der Waals surface area contributed by atoms with Crippen molar-refractivity contribution in [2.75, 3.05) is 65.9 Å². The molecule has 0 aliphatic heterocycles. The first-order valence-electron chi connectivity index (χ1n) is 44.3. The van der Waals surface area contributed by atoms with E-state index in [4.69, 9.17) is 37.0 Å². The zero-order chi connectivity index (χ0) is 81.8. The molecule has 0 aliphatic rings. The van der Waals surface area contributed by atoms with Crippen LogP contribution in [0.15, 0.2) is 24.3 Å². The number of carbonyl (C=O) groups is 6. The number of hydrogen-bond acceptors (Lipinski definition) is 18. The van der Waals surface area contributed by atoms with Crippen molar-refractivity contribution in [3.8, 4) is 0 Å². The van der Waals surface area contributed by atoms with Crippen LogP contribution in [0.3, 0.4) is 0 Å². The van der Waals surface area contributed by atoms with Gasteiger partial charge in [0.05, 0.1) is 90.0 Å². The number of nitrogens with one attached hydrogen (secondary N) is 4. The van der Waals surface area contributed by atoms with Crippen molar-refractivity contribution in [3.05, 3.63) is 24.3 Å². The molecule has 0 heterocycles. The van der Waals surface area contributed by atoms with Crippen LogP contribution in [-0.4, -0.2) is 158 Å². The summed E-state index contributed by atoms with van der Waals surface area (Å²) in [4.78, 5) is 99.6. The molecule has 0 aromatic heterocycles. The number of esters is 2. The van der Waals surface area contributed by atoms with Crippen molar-refractivity contribution in [1.29, 1.82) is 0 Å². The molecular formula is C85H164N4Na2O20P2. The Morgan fingerprint density at radius 1 is 0.345 bits per heavy atom. The van der Waals surface area contributed by atoms with Gasteiger partial charge in [-0.05, 0) is 89.9 Å². The summed E-state index contributed by atoms with van der Waals surface area (Å²) in [5.41, 5.74) is 0. The summed E-state index contributed by atoms with van der Waals surface area (Å²) in [5.74, 6) is -3.10. The van der Waals surface area contributed by atoms with Gasteiger partial charge >= 0.3 is 86.7 Å². The molecule has 8 atom stereocenters. The Morgan fingerprint density at radius 3 is 0.947 bits per heavy atom. The molecule has 0 rings (SSSR count). The molecule has 0 radical (unpaired) electrons. The quantitative estimate of drug-likeness (QED) is 0.00700. The smallest absolute Gasteiger partial charge is 1.00 e. The first kappa shape index (κ1) is 116. The summed E-state index contributed by atoms with van der Waals surface area (Å²) in [6.07, 6.45) is 53.6. The number of aliphatic hydroxyl groups is 2. The minimum Gasteiger partial charge on any atom is -1.00 e. The molecular weight excluding hydrogens is 1500 g/mol. The SMILES string of the molecule is CCCCCC/C=C\CCCC(=O)O[C@H](CCCCCCC)CCOCC(COP(=O)(O)OCCNC(=O)CC(=O)NCCOP(=O)(O)OCC(COCC[C@@H](CCCCCCC)OC(=O)CCC/C=C\CCCCCC)NC(=O)C[C@H](O)CCCCCCCCCCC)NC(=O)C[C@H](O)CCCCCCCCCCC.[H-].[H-].[Na+].[Na+]. The Bertz CT molecular complexity index is 2270. The molecule has 4 amide bonds. The van der Waals surface area contributed by atoms with E-state index in [1.54, 1.807) is 0 Å². The fourth-order valence-electron chi connectivity index (χ4n) is 12.7. The second-order valence-electron chi connectivity index (χ2n) is 30.3. The molecule has 24 nitrogen and oxygen atoms in total. The average Bonchev–Trinajstić information content (AvgIpc) is 0.908. The van der Waals surface area contributed by atoms with E-state index in [2.05, 4.69) is 87.1 Å². The zero-order valence-electron chi connectivity index (χ0n) is 74.5. The maximum atomic E-state index is 13.3. The van der Waals surface area contributed by atoms with Gasteiger partial charge in [0, 0.05) is 38.8 Å². The summed E-state index contributed by atoms with van der Waals surface area (Å²) < 4.78 is 71.2.